The lowest BCUT2D eigenvalue weighted by Gasteiger charge is -2.07. The van der Waals surface area contributed by atoms with Gasteiger partial charge in [-0.15, -0.1) is 0 Å². The van der Waals surface area contributed by atoms with Gasteiger partial charge in [-0.25, -0.2) is 0 Å². The highest BCUT2D eigenvalue weighted by Crippen LogP contribution is 2.60. The molecule has 0 aromatic heterocycles. The Labute approximate surface area is 139 Å². The predicted octanol–water partition coefficient (Wildman–Crippen LogP) is 4.17. The molecule has 2 rings (SSSR count). The van der Waals surface area contributed by atoms with Crippen molar-refractivity contribution in [2.24, 2.45) is 17.3 Å². The molecule has 2 amide bonds. The molecule has 22 heavy (non-hydrogen) atoms. The van der Waals surface area contributed by atoms with E-state index in [9.17, 15) is 9.59 Å². The number of hydrogen-bond donors (Lipinski definition) is 2. The van der Waals surface area contributed by atoms with Crippen molar-refractivity contribution in [3.63, 3.8) is 0 Å². The fraction of sp³-hybridized carbons (Fsp3) is 0.375. The number of carbonyl (C=O) groups excluding carboxylic acids is 2. The Kier molecular flexibility index (Phi) is 4.83. The van der Waals surface area contributed by atoms with Crippen LogP contribution in [-0.2, 0) is 9.59 Å². The number of carbonyl (C=O) groups is 2. The summed E-state index contributed by atoms with van der Waals surface area (Å²) in [7, 11) is 0. The van der Waals surface area contributed by atoms with Crippen molar-refractivity contribution in [1.82, 2.24) is 0 Å². The van der Waals surface area contributed by atoms with Crippen molar-refractivity contribution in [1.29, 1.82) is 0 Å². The Morgan fingerprint density at radius 2 is 1.59 bits per heavy atom. The van der Waals surface area contributed by atoms with Gasteiger partial charge in [0.25, 0.3) is 0 Å². The van der Waals surface area contributed by atoms with E-state index in [0.717, 1.165) is 0 Å². The number of hydrogen-bond acceptors (Lipinski definition) is 2. The summed E-state index contributed by atoms with van der Waals surface area (Å²) in [4.78, 5) is 23.3. The quantitative estimate of drug-likeness (QED) is 0.863. The molecule has 2 atom stereocenters. The van der Waals surface area contributed by atoms with Gasteiger partial charge in [0.1, 0.15) is 4.49 Å². The van der Waals surface area contributed by atoms with Crippen LogP contribution in [0.5, 0.6) is 0 Å². The molecule has 1 aliphatic rings. The predicted molar refractivity (Wildman–Crippen MR) is 89.9 cm³/mol. The zero-order valence-electron chi connectivity index (χ0n) is 12.6. The highest BCUT2D eigenvalue weighted by Gasteiger charge is 2.60. The molecular formula is C16H18Cl2N2O2. The molecule has 1 aromatic rings. The van der Waals surface area contributed by atoms with E-state index in [1.165, 1.54) is 6.92 Å². The third-order valence-electron chi connectivity index (χ3n) is 3.97. The van der Waals surface area contributed by atoms with E-state index in [2.05, 4.69) is 10.6 Å². The first-order valence-corrected chi connectivity index (χ1v) is 7.68. The van der Waals surface area contributed by atoms with Gasteiger partial charge in [-0.1, -0.05) is 37.0 Å². The monoisotopic (exact) mass is 340 g/mol. The smallest absolute Gasteiger partial charge is 0.228 e. The van der Waals surface area contributed by atoms with Crippen LogP contribution in [-0.4, -0.2) is 11.8 Å². The normalized spacial score (nSPS) is 21.7. The van der Waals surface area contributed by atoms with Crippen LogP contribution in [0, 0.1) is 17.3 Å². The standard InChI is InChI=1S/C16H18Cl2N2O2/c1-9(21)19-10-4-6-11(7-5-10)20-15(22)14-12(8-13(17)18)16(14,2)3/h4-8,12,14H,1-3H3,(H,19,21)(H,20,22)/t12-,14-/m1/s1. The molecule has 0 spiro atoms. The average Bonchev–Trinajstić information content (AvgIpc) is 2.91. The zero-order valence-corrected chi connectivity index (χ0v) is 14.1. The maximum absolute atomic E-state index is 12.3. The molecule has 0 radical (unpaired) electrons. The van der Waals surface area contributed by atoms with Gasteiger partial charge in [0.15, 0.2) is 0 Å². The largest absolute Gasteiger partial charge is 0.326 e. The molecule has 0 aliphatic heterocycles. The zero-order chi connectivity index (χ0) is 16.5. The minimum Gasteiger partial charge on any atom is -0.326 e. The van der Waals surface area contributed by atoms with Gasteiger partial charge >= 0.3 is 0 Å². The molecular weight excluding hydrogens is 323 g/mol. The highest BCUT2D eigenvalue weighted by molar-refractivity contribution is 6.55. The summed E-state index contributed by atoms with van der Waals surface area (Å²) in [5, 5.41) is 5.55. The molecule has 1 saturated carbocycles. The minimum atomic E-state index is -0.158. The van der Waals surface area contributed by atoms with Gasteiger partial charge in [0.2, 0.25) is 11.8 Å². The number of nitrogens with one attached hydrogen (secondary N) is 2. The van der Waals surface area contributed by atoms with Gasteiger partial charge in [-0.3, -0.25) is 9.59 Å². The van der Waals surface area contributed by atoms with E-state index in [1.807, 2.05) is 13.8 Å². The second-order valence-electron chi connectivity index (χ2n) is 6.03. The topological polar surface area (TPSA) is 58.2 Å². The van der Waals surface area contributed by atoms with E-state index >= 15 is 0 Å². The van der Waals surface area contributed by atoms with Crippen LogP contribution in [0.1, 0.15) is 20.8 Å². The maximum atomic E-state index is 12.3. The summed E-state index contributed by atoms with van der Waals surface area (Å²) in [6.45, 7) is 5.46. The van der Waals surface area contributed by atoms with Crippen LogP contribution in [0.15, 0.2) is 34.8 Å². The third-order valence-corrected chi connectivity index (χ3v) is 4.22. The number of amides is 2. The molecule has 118 valence electrons. The lowest BCUT2D eigenvalue weighted by atomic mass is 10.1. The van der Waals surface area contributed by atoms with Gasteiger partial charge in [-0.2, -0.15) is 0 Å². The van der Waals surface area contributed by atoms with E-state index in [1.54, 1.807) is 30.3 Å². The first-order chi connectivity index (χ1) is 10.2. The van der Waals surface area contributed by atoms with Crippen LogP contribution in [0.4, 0.5) is 11.4 Å². The minimum absolute atomic E-state index is 0.0381. The van der Waals surface area contributed by atoms with Crippen LogP contribution < -0.4 is 10.6 Å². The highest BCUT2D eigenvalue weighted by atomic mass is 35.5. The van der Waals surface area contributed by atoms with Crippen LogP contribution in [0.25, 0.3) is 0 Å². The SMILES string of the molecule is CC(=O)Nc1ccc(NC(=O)[C@H]2[C@@H](C=C(Cl)Cl)C2(C)C)cc1. The first kappa shape index (κ1) is 16.8. The Hall–Kier alpha value is -1.52. The van der Waals surface area contributed by atoms with Crippen molar-refractivity contribution in [2.45, 2.75) is 20.8 Å². The first-order valence-electron chi connectivity index (χ1n) is 6.93. The summed E-state index contributed by atoms with van der Waals surface area (Å²) in [6, 6.07) is 6.97. The molecule has 0 unspecified atom stereocenters. The van der Waals surface area contributed by atoms with Crippen molar-refractivity contribution in [3.05, 3.63) is 34.8 Å². The number of allylic oxidation sites excluding steroid dienone is 1. The number of halogens is 2. The maximum Gasteiger partial charge on any atom is 0.228 e. The number of benzene rings is 1. The molecule has 0 bridgehead atoms. The molecule has 6 heteroatoms. The van der Waals surface area contributed by atoms with Crippen molar-refractivity contribution < 1.29 is 9.59 Å². The fourth-order valence-corrected chi connectivity index (χ4v) is 2.96. The van der Waals surface area contributed by atoms with Crippen molar-refractivity contribution >= 4 is 46.4 Å². The summed E-state index contributed by atoms with van der Waals surface area (Å²) < 4.78 is 0.188. The molecule has 4 nitrogen and oxygen atoms in total. The molecule has 0 heterocycles. The molecule has 1 aliphatic carbocycles. The second kappa shape index (κ2) is 6.31. The van der Waals surface area contributed by atoms with Crippen LogP contribution >= 0.6 is 23.2 Å². The lowest BCUT2D eigenvalue weighted by molar-refractivity contribution is -0.118. The second-order valence-corrected chi connectivity index (χ2v) is 7.04. The summed E-state index contributed by atoms with van der Waals surface area (Å²) >= 11 is 11.4. The van der Waals surface area contributed by atoms with Gasteiger partial charge in [-0.05, 0) is 41.7 Å². The van der Waals surface area contributed by atoms with E-state index in [0.29, 0.717) is 11.4 Å². The molecule has 1 fully saturated rings. The molecule has 0 saturated heterocycles. The van der Waals surface area contributed by atoms with E-state index < -0.39 is 0 Å². The molecule has 2 N–H and O–H groups in total. The van der Waals surface area contributed by atoms with Gasteiger partial charge in [0.05, 0.1) is 5.92 Å². The summed E-state index contributed by atoms with van der Waals surface area (Å²) in [5.74, 6) is -0.316. The summed E-state index contributed by atoms with van der Waals surface area (Å²) in [5.41, 5.74) is 1.21. The van der Waals surface area contributed by atoms with Gasteiger partial charge < -0.3 is 10.6 Å². The Morgan fingerprint density at radius 1 is 1.09 bits per heavy atom. The number of rotatable bonds is 4. The Bertz CT molecular complexity index is 620. The summed E-state index contributed by atoms with van der Waals surface area (Å²) in [6.07, 6.45) is 1.72. The van der Waals surface area contributed by atoms with E-state index in [4.69, 9.17) is 23.2 Å². The number of anilines is 2. The van der Waals surface area contributed by atoms with Crippen molar-refractivity contribution in [2.75, 3.05) is 10.6 Å². The lowest BCUT2D eigenvalue weighted by Crippen LogP contribution is -2.16. The van der Waals surface area contributed by atoms with Crippen molar-refractivity contribution in [3.8, 4) is 0 Å². The van der Waals surface area contributed by atoms with E-state index in [-0.39, 0.29) is 33.6 Å². The van der Waals surface area contributed by atoms with Crippen LogP contribution in [0.2, 0.25) is 0 Å². The van der Waals surface area contributed by atoms with Crippen LogP contribution in [0.3, 0.4) is 0 Å². The fourth-order valence-electron chi connectivity index (χ4n) is 2.69. The molecule has 1 aromatic carbocycles. The Balaban J connectivity index is 2.01. The Morgan fingerprint density at radius 3 is 2.05 bits per heavy atom. The van der Waals surface area contributed by atoms with Gasteiger partial charge in [0, 0.05) is 18.3 Å². The average molecular weight is 341 g/mol. The third kappa shape index (κ3) is 3.81.